The zero-order chi connectivity index (χ0) is 14.9. The number of likely N-dealkylation sites (tertiary alicyclic amines) is 1. The van der Waals surface area contributed by atoms with E-state index >= 15 is 0 Å². The Morgan fingerprint density at radius 1 is 1.14 bits per heavy atom. The van der Waals surface area contributed by atoms with E-state index in [1.807, 2.05) is 28.8 Å². The van der Waals surface area contributed by atoms with E-state index in [1.54, 1.807) is 0 Å². The molecule has 118 valence electrons. The van der Waals surface area contributed by atoms with Crippen LogP contribution in [0.15, 0.2) is 24.3 Å². The third-order valence-corrected chi connectivity index (χ3v) is 6.11. The lowest BCUT2D eigenvalue weighted by Crippen LogP contribution is -2.40. The first kappa shape index (κ1) is 14.2. The summed E-state index contributed by atoms with van der Waals surface area (Å²) in [5.41, 5.74) is 2.17. The van der Waals surface area contributed by atoms with Crippen LogP contribution < -0.4 is 10.2 Å². The van der Waals surface area contributed by atoms with E-state index in [9.17, 15) is 4.79 Å². The molecule has 1 saturated carbocycles. The van der Waals surface area contributed by atoms with E-state index in [2.05, 4.69) is 22.3 Å². The van der Waals surface area contributed by atoms with Crippen LogP contribution in [0.4, 0.5) is 16.2 Å². The van der Waals surface area contributed by atoms with Crippen LogP contribution in [-0.2, 0) is 0 Å². The van der Waals surface area contributed by atoms with Crippen LogP contribution in [0.5, 0.6) is 0 Å². The molecule has 3 fully saturated rings. The summed E-state index contributed by atoms with van der Waals surface area (Å²) in [6.07, 6.45) is 3.70. The molecule has 5 heteroatoms. The smallest absolute Gasteiger partial charge is 0.322 e. The maximum absolute atomic E-state index is 12.4. The molecule has 22 heavy (non-hydrogen) atoms. The molecule has 1 aliphatic carbocycles. The molecule has 0 aromatic heterocycles. The van der Waals surface area contributed by atoms with Gasteiger partial charge in [-0.1, -0.05) is 0 Å². The van der Waals surface area contributed by atoms with E-state index in [0.29, 0.717) is 6.04 Å². The Morgan fingerprint density at radius 3 is 2.55 bits per heavy atom. The summed E-state index contributed by atoms with van der Waals surface area (Å²) in [4.78, 5) is 16.8. The van der Waals surface area contributed by atoms with E-state index in [1.165, 1.54) is 36.5 Å². The van der Waals surface area contributed by atoms with Gasteiger partial charge in [0.2, 0.25) is 0 Å². The van der Waals surface area contributed by atoms with Crippen LogP contribution in [0.3, 0.4) is 0 Å². The van der Waals surface area contributed by atoms with Crippen molar-refractivity contribution >= 4 is 29.2 Å². The van der Waals surface area contributed by atoms with Gasteiger partial charge >= 0.3 is 6.03 Å². The number of thioether (sulfide) groups is 1. The normalized spacial score (nSPS) is 27.3. The molecule has 2 aliphatic heterocycles. The highest BCUT2D eigenvalue weighted by atomic mass is 32.2. The summed E-state index contributed by atoms with van der Waals surface area (Å²) in [5.74, 6) is 3.15. The molecule has 2 bridgehead atoms. The van der Waals surface area contributed by atoms with Gasteiger partial charge in [-0.05, 0) is 49.4 Å². The highest BCUT2D eigenvalue weighted by Crippen LogP contribution is 2.37. The minimum Gasteiger partial charge on any atom is -0.370 e. The lowest BCUT2D eigenvalue weighted by molar-refractivity contribution is 0.194. The Balaban J connectivity index is 1.37. The minimum atomic E-state index is 0.0781. The molecule has 4 rings (SSSR count). The molecule has 0 spiro atoms. The fraction of sp³-hybridized carbons (Fsp3) is 0.588. The number of nitrogens with one attached hydrogen (secondary N) is 1. The van der Waals surface area contributed by atoms with Crippen LogP contribution in [0.25, 0.3) is 0 Å². The van der Waals surface area contributed by atoms with E-state index < -0.39 is 0 Å². The zero-order valence-corrected chi connectivity index (χ0v) is 13.6. The molecule has 2 atom stereocenters. The van der Waals surface area contributed by atoms with Gasteiger partial charge < -0.3 is 15.1 Å². The van der Waals surface area contributed by atoms with Crippen LogP contribution in [-0.4, -0.2) is 48.1 Å². The lowest BCUT2D eigenvalue weighted by atomic mass is 10.1. The molecule has 2 saturated heterocycles. The number of hydrogen-bond acceptors (Lipinski definition) is 3. The number of rotatable bonds is 2. The predicted octanol–water partition coefficient (Wildman–Crippen LogP) is 3.26. The number of urea groups is 1. The first-order valence-electron chi connectivity index (χ1n) is 8.30. The van der Waals surface area contributed by atoms with Gasteiger partial charge in [0.1, 0.15) is 0 Å². The second-order valence-electron chi connectivity index (χ2n) is 6.56. The highest BCUT2D eigenvalue weighted by Gasteiger charge is 2.40. The van der Waals surface area contributed by atoms with Crippen molar-refractivity contribution in [1.82, 2.24) is 4.90 Å². The lowest BCUT2D eigenvalue weighted by Gasteiger charge is -2.29. The van der Waals surface area contributed by atoms with Crippen molar-refractivity contribution in [2.24, 2.45) is 5.92 Å². The van der Waals surface area contributed by atoms with Crippen molar-refractivity contribution < 1.29 is 4.79 Å². The quantitative estimate of drug-likeness (QED) is 0.909. The van der Waals surface area contributed by atoms with Crippen molar-refractivity contribution in [2.45, 2.75) is 25.3 Å². The molecular weight excluding hydrogens is 294 g/mol. The van der Waals surface area contributed by atoms with Crippen LogP contribution in [0.1, 0.15) is 19.3 Å². The van der Waals surface area contributed by atoms with Crippen molar-refractivity contribution in [3.63, 3.8) is 0 Å². The number of amides is 2. The SMILES string of the molecule is O=C(Nc1ccc(N2CCSCC2)cc1)N1C[C@H]2CC[C@H]1C2. The summed E-state index contributed by atoms with van der Waals surface area (Å²) < 4.78 is 0. The van der Waals surface area contributed by atoms with Gasteiger partial charge in [0, 0.05) is 48.6 Å². The van der Waals surface area contributed by atoms with Gasteiger partial charge in [-0.3, -0.25) is 0 Å². The Labute approximate surface area is 136 Å². The average Bonchev–Trinajstić information content (AvgIpc) is 3.19. The fourth-order valence-electron chi connectivity index (χ4n) is 3.95. The predicted molar refractivity (Wildman–Crippen MR) is 92.8 cm³/mol. The fourth-order valence-corrected chi connectivity index (χ4v) is 4.85. The van der Waals surface area contributed by atoms with Crippen molar-refractivity contribution in [2.75, 3.05) is 41.4 Å². The zero-order valence-electron chi connectivity index (χ0n) is 12.8. The van der Waals surface area contributed by atoms with Gasteiger partial charge in [0.15, 0.2) is 0 Å². The highest BCUT2D eigenvalue weighted by molar-refractivity contribution is 7.99. The summed E-state index contributed by atoms with van der Waals surface area (Å²) in [7, 11) is 0. The number of hydrogen-bond donors (Lipinski definition) is 1. The van der Waals surface area contributed by atoms with Gasteiger partial charge in [0.05, 0.1) is 0 Å². The summed E-state index contributed by atoms with van der Waals surface area (Å²) in [6, 6.07) is 8.88. The van der Waals surface area contributed by atoms with Crippen LogP contribution >= 0.6 is 11.8 Å². The summed E-state index contributed by atoms with van der Waals surface area (Å²) in [6.45, 7) is 3.18. The van der Waals surface area contributed by atoms with E-state index in [-0.39, 0.29) is 6.03 Å². The van der Waals surface area contributed by atoms with Crippen molar-refractivity contribution in [3.8, 4) is 0 Å². The van der Waals surface area contributed by atoms with Gasteiger partial charge in [-0.2, -0.15) is 11.8 Å². The third-order valence-electron chi connectivity index (χ3n) is 5.16. The Bertz CT molecular complexity index is 541. The molecule has 2 heterocycles. The molecular formula is C17H23N3OS. The van der Waals surface area contributed by atoms with Gasteiger partial charge in [-0.25, -0.2) is 4.79 Å². The molecule has 0 radical (unpaired) electrons. The number of carbonyl (C=O) groups is 1. The number of carbonyl (C=O) groups excluding carboxylic acids is 1. The average molecular weight is 317 g/mol. The van der Waals surface area contributed by atoms with E-state index in [0.717, 1.165) is 31.2 Å². The number of nitrogens with zero attached hydrogens (tertiary/aromatic N) is 2. The molecule has 3 aliphatic rings. The number of piperidine rings is 1. The molecule has 1 aromatic rings. The summed E-state index contributed by atoms with van der Waals surface area (Å²) >= 11 is 2.02. The van der Waals surface area contributed by atoms with Crippen LogP contribution in [0.2, 0.25) is 0 Å². The number of benzene rings is 1. The largest absolute Gasteiger partial charge is 0.370 e. The monoisotopic (exact) mass is 317 g/mol. The second-order valence-corrected chi connectivity index (χ2v) is 7.79. The number of fused-ring (bicyclic) bond motifs is 2. The summed E-state index contributed by atoms with van der Waals surface area (Å²) in [5, 5.41) is 3.06. The third kappa shape index (κ3) is 2.78. The first-order valence-corrected chi connectivity index (χ1v) is 9.45. The molecule has 1 N–H and O–H groups in total. The number of anilines is 2. The Morgan fingerprint density at radius 2 is 1.91 bits per heavy atom. The molecule has 1 aromatic carbocycles. The van der Waals surface area contributed by atoms with Crippen LogP contribution in [0, 0.1) is 5.92 Å². The minimum absolute atomic E-state index is 0.0781. The van der Waals surface area contributed by atoms with Crippen molar-refractivity contribution in [1.29, 1.82) is 0 Å². The molecule has 4 nitrogen and oxygen atoms in total. The van der Waals surface area contributed by atoms with Gasteiger partial charge in [-0.15, -0.1) is 0 Å². The first-order chi connectivity index (χ1) is 10.8. The second kappa shape index (κ2) is 6.03. The standard InChI is InChI=1S/C17H23N3OS/c21-17(20-12-13-1-4-16(20)11-13)18-14-2-5-15(6-3-14)19-7-9-22-10-8-19/h2-3,5-6,13,16H,1,4,7-12H2,(H,18,21)/t13-,16-/m0/s1. The Kier molecular flexibility index (Phi) is 3.90. The van der Waals surface area contributed by atoms with Gasteiger partial charge in [0.25, 0.3) is 0 Å². The topological polar surface area (TPSA) is 35.6 Å². The maximum atomic E-state index is 12.4. The molecule has 0 unspecified atom stereocenters. The van der Waals surface area contributed by atoms with E-state index in [4.69, 9.17) is 0 Å². The van der Waals surface area contributed by atoms with Crippen molar-refractivity contribution in [3.05, 3.63) is 24.3 Å². The Hall–Kier alpha value is -1.36. The molecule has 2 amide bonds. The maximum Gasteiger partial charge on any atom is 0.322 e.